The van der Waals surface area contributed by atoms with E-state index in [-0.39, 0.29) is 17.6 Å². The van der Waals surface area contributed by atoms with Gasteiger partial charge in [0.1, 0.15) is 5.82 Å². The summed E-state index contributed by atoms with van der Waals surface area (Å²) in [5.41, 5.74) is -0.0987. The predicted molar refractivity (Wildman–Crippen MR) is 94.2 cm³/mol. The number of aromatic nitrogens is 3. The van der Waals surface area contributed by atoms with Crippen LogP contribution in [0.5, 0.6) is 0 Å². The molecule has 9 heteroatoms. The standard InChI is InChI=1S/C16H28N4O4S/c1-12(2)25(22,23)18-8-4-5-13(11-18)15-17-19(9-10-24-3)16(21)20(15)14-6-7-14/h12-14H,4-11H2,1-3H3. The Labute approximate surface area is 148 Å². The molecule has 8 nitrogen and oxygen atoms in total. The summed E-state index contributed by atoms with van der Waals surface area (Å²) in [6, 6.07) is 0.218. The molecule has 1 aliphatic carbocycles. The van der Waals surface area contributed by atoms with Crippen molar-refractivity contribution in [1.82, 2.24) is 18.7 Å². The molecule has 0 bridgehead atoms. The maximum atomic E-state index is 12.7. The van der Waals surface area contributed by atoms with Crippen molar-refractivity contribution in [3.05, 3.63) is 16.3 Å². The summed E-state index contributed by atoms with van der Waals surface area (Å²) < 4.78 is 34.9. The van der Waals surface area contributed by atoms with E-state index in [1.54, 1.807) is 29.8 Å². The summed E-state index contributed by atoms with van der Waals surface area (Å²) in [6.45, 7) is 5.22. The molecule has 142 valence electrons. The van der Waals surface area contributed by atoms with Gasteiger partial charge in [-0.05, 0) is 39.5 Å². The van der Waals surface area contributed by atoms with Gasteiger partial charge < -0.3 is 4.74 Å². The minimum Gasteiger partial charge on any atom is -0.383 e. The fourth-order valence-electron chi connectivity index (χ4n) is 3.40. The van der Waals surface area contributed by atoms with Gasteiger partial charge in [0.25, 0.3) is 0 Å². The van der Waals surface area contributed by atoms with Crippen molar-refractivity contribution in [2.24, 2.45) is 0 Å². The molecular formula is C16H28N4O4S. The second kappa shape index (κ2) is 7.20. The summed E-state index contributed by atoms with van der Waals surface area (Å²) in [6.07, 6.45) is 3.63. The average Bonchev–Trinajstić information content (AvgIpc) is 3.37. The zero-order valence-electron chi connectivity index (χ0n) is 15.2. The van der Waals surface area contributed by atoms with Crippen LogP contribution in [0.25, 0.3) is 0 Å². The highest BCUT2D eigenvalue weighted by Gasteiger charge is 2.37. The SMILES string of the molecule is COCCn1nc(C2CCCN(S(=O)(=O)C(C)C)C2)n(C2CC2)c1=O. The van der Waals surface area contributed by atoms with Crippen molar-refractivity contribution in [3.63, 3.8) is 0 Å². The zero-order valence-corrected chi connectivity index (χ0v) is 16.0. The maximum Gasteiger partial charge on any atom is 0.346 e. The lowest BCUT2D eigenvalue weighted by molar-refractivity contribution is 0.182. The summed E-state index contributed by atoms with van der Waals surface area (Å²) in [4.78, 5) is 12.7. The first-order chi connectivity index (χ1) is 11.9. The molecule has 1 aliphatic heterocycles. The molecule has 1 aromatic heterocycles. The molecule has 2 aliphatic rings. The molecule has 2 fully saturated rings. The van der Waals surface area contributed by atoms with E-state index in [4.69, 9.17) is 4.74 Å². The van der Waals surface area contributed by atoms with E-state index in [2.05, 4.69) is 5.10 Å². The number of hydrogen-bond acceptors (Lipinski definition) is 5. The quantitative estimate of drug-likeness (QED) is 0.711. The number of ether oxygens (including phenoxy) is 1. The molecule has 3 rings (SSSR count). The molecule has 1 aromatic rings. The van der Waals surface area contributed by atoms with E-state index in [1.807, 2.05) is 0 Å². The molecule has 1 saturated carbocycles. The maximum absolute atomic E-state index is 12.7. The minimum absolute atomic E-state index is 0.0284. The number of hydrogen-bond donors (Lipinski definition) is 0. The smallest absolute Gasteiger partial charge is 0.346 e. The molecule has 2 heterocycles. The van der Waals surface area contributed by atoms with E-state index in [0.29, 0.717) is 26.2 Å². The molecule has 0 radical (unpaired) electrons. The Kier molecular flexibility index (Phi) is 5.36. The van der Waals surface area contributed by atoms with Crippen LogP contribution in [0, 0.1) is 0 Å². The van der Waals surface area contributed by atoms with Gasteiger partial charge in [-0.1, -0.05) is 0 Å². The predicted octanol–water partition coefficient (Wildman–Crippen LogP) is 0.944. The van der Waals surface area contributed by atoms with Gasteiger partial charge in [-0.3, -0.25) is 4.57 Å². The summed E-state index contributed by atoms with van der Waals surface area (Å²) >= 11 is 0. The van der Waals surface area contributed by atoms with Crippen molar-refractivity contribution in [2.45, 2.75) is 63.3 Å². The Hall–Kier alpha value is -1.19. The molecule has 1 atom stereocenters. The minimum atomic E-state index is -3.28. The van der Waals surface area contributed by atoms with Gasteiger partial charge in [0.15, 0.2) is 0 Å². The first-order valence-electron chi connectivity index (χ1n) is 9.03. The third-order valence-electron chi connectivity index (χ3n) is 5.02. The van der Waals surface area contributed by atoms with Crippen LogP contribution < -0.4 is 5.69 Å². The summed E-state index contributed by atoms with van der Waals surface area (Å²) in [7, 11) is -1.69. The lowest BCUT2D eigenvalue weighted by atomic mass is 9.99. The van der Waals surface area contributed by atoms with Gasteiger partial charge in [0.2, 0.25) is 10.0 Å². The van der Waals surface area contributed by atoms with Crippen molar-refractivity contribution in [3.8, 4) is 0 Å². The number of sulfonamides is 1. The van der Waals surface area contributed by atoms with E-state index >= 15 is 0 Å². The highest BCUT2D eigenvalue weighted by Crippen LogP contribution is 2.37. The second-order valence-corrected chi connectivity index (χ2v) is 9.74. The number of piperidine rings is 1. The van der Waals surface area contributed by atoms with Gasteiger partial charge in [-0.15, -0.1) is 0 Å². The first-order valence-corrected chi connectivity index (χ1v) is 10.5. The van der Waals surface area contributed by atoms with Crippen LogP contribution >= 0.6 is 0 Å². The van der Waals surface area contributed by atoms with Crippen molar-refractivity contribution in [2.75, 3.05) is 26.8 Å². The molecule has 0 amide bonds. The van der Waals surface area contributed by atoms with Gasteiger partial charge in [0.05, 0.1) is 18.4 Å². The van der Waals surface area contributed by atoms with Gasteiger partial charge >= 0.3 is 5.69 Å². The van der Waals surface area contributed by atoms with E-state index in [9.17, 15) is 13.2 Å². The van der Waals surface area contributed by atoms with Crippen LogP contribution in [0.4, 0.5) is 0 Å². The zero-order chi connectivity index (χ0) is 18.2. The molecule has 0 aromatic carbocycles. The lowest BCUT2D eigenvalue weighted by Crippen LogP contribution is -2.43. The fourth-order valence-corrected chi connectivity index (χ4v) is 4.76. The third-order valence-corrected chi connectivity index (χ3v) is 7.26. The van der Waals surface area contributed by atoms with Crippen LogP contribution in [-0.2, 0) is 21.3 Å². The number of nitrogens with zero attached hydrogens (tertiary/aromatic N) is 4. The van der Waals surface area contributed by atoms with E-state index in [0.717, 1.165) is 31.5 Å². The molecule has 0 spiro atoms. The Bertz CT molecular complexity index is 764. The molecular weight excluding hydrogens is 344 g/mol. The van der Waals surface area contributed by atoms with E-state index in [1.165, 1.54) is 4.68 Å². The number of rotatable bonds is 7. The molecule has 25 heavy (non-hydrogen) atoms. The van der Waals surface area contributed by atoms with E-state index < -0.39 is 15.3 Å². The van der Waals surface area contributed by atoms with Gasteiger partial charge in [-0.2, -0.15) is 5.10 Å². The highest BCUT2D eigenvalue weighted by molar-refractivity contribution is 7.89. The van der Waals surface area contributed by atoms with Crippen LogP contribution in [0.2, 0.25) is 0 Å². The van der Waals surface area contributed by atoms with Crippen molar-refractivity contribution in [1.29, 1.82) is 0 Å². The first kappa shape index (κ1) is 18.6. The Morgan fingerprint density at radius 2 is 2.00 bits per heavy atom. The monoisotopic (exact) mass is 372 g/mol. The van der Waals surface area contributed by atoms with Crippen LogP contribution in [-0.4, -0.2) is 59.1 Å². The fraction of sp³-hybridized carbons (Fsp3) is 0.875. The Balaban J connectivity index is 1.89. The molecule has 1 saturated heterocycles. The molecule has 0 N–H and O–H groups in total. The van der Waals surface area contributed by atoms with Gasteiger partial charge in [-0.25, -0.2) is 22.2 Å². The molecule has 1 unspecified atom stereocenters. The topological polar surface area (TPSA) is 86.4 Å². The Morgan fingerprint density at radius 1 is 1.28 bits per heavy atom. The van der Waals surface area contributed by atoms with Crippen LogP contribution in [0.1, 0.15) is 57.3 Å². The summed E-state index contributed by atoms with van der Waals surface area (Å²) in [5, 5.41) is 4.13. The Morgan fingerprint density at radius 3 is 2.60 bits per heavy atom. The van der Waals surface area contributed by atoms with Crippen LogP contribution in [0.15, 0.2) is 4.79 Å². The normalized spacial score (nSPS) is 22.6. The third kappa shape index (κ3) is 3.68. The second-order valence-electron chi connectivity index (χ2n) is 7.25. The van der Waals surface area contributed by atoms with Gasteiger partial charge in [0, 0.05) is 32.2 Å². The van der Waals surface area contributed by atoms with Crippen molar-refractivity contribution < 1.29 is 13.2 Å². The average molecular weight is 372 g/mol. The number of methoxy groups -OCH3 is 1. The highest BCUT2D eigenvalue weighted by atomic mass is 32.2. The largest absolute Gasteiger partial charge is 0.383 e. The lowest BCUT2D eigenvalue weighted by Gasteiger charge is -2.32. The summed E-state index contributed by atoms with van der Waals surface area (Å²) in [5.74, 6) is 0.714. The van der Waals surface area contributed by atoms with Crippen molar-refractivity contribution >= 4 is 10.0 Å². The van der Waals surface area contributed by atoms with Crippen LogP contribution in [0.3, 0.4) is 0 Å².